The van der Waals surface area contributed by atoms with Crippen LogP contribution in [-0.4, -0.2) is 35.2 Å². The first-order valence-electron chi connectivity index (χ1n) is 14.8. The zero-order valence-electron chi connectivity index (χ0n) is 24.7. The average Bonchev–Trinajstić information content (AvgIpc) is 3.51. The number of nitrogens with one attached hydrogen (secondary N) is 1. The Labute approximate surface area is 268 Å². The molecule has 0 amide bonds. The fraction of sp³-hybridized carbons (Fsp3) is 0.229. The smallest absolute Gasteiger partial charge is 0.212 e. The van der Waals surface area contributed by atoms with Gasteiger partial charge in [-0.3, -0.25) is 10.1 Å². The van der Waals surface area contributed by atoms with Crippen LogP contribution in [0.15, 0.2) is 128 Å². The predicted molar refractivity (Wildman–Crippen MR) is 177 cm³/mol. The highest BCUT2D eigenvalue weighted by Crippen LogP contribution is 2.40. The first-order valence-corrected chi connectivity index (χ1v) is 16.8. The summed E-state index contributed by atoms with van der Waals surface area (Å²) in [5, 5.41) is 12.0. The second-order valence-corrected chi connectivity index (χ2v) is 13.4. The van der Waals surface area contributed by atoms with Crippen LogP contribution in [0.5, 0.6) is 0 Å². The van der Waals surface area contributed by atoms with Gasteiger partial charge in [0.1, 0.15) is 5.54 Å². The lowest BCUT2D eigenvalue weighted by molar-refractivity contribution is -0.487. The van der Waals surface area contributed by atoms with Gasteiger partial charge >= 0.3 is 0 Å². The number of nitrogens with zero attached hydrogens (tertiary/aromatic N) is 3. The Morgan fingerprint density at radius 2 is 1.38 bits per heavy atom. The summed E-state index contributed by atoms with van der Waals surface area (Å²) in [6.07, 6.45) is 5.34. The van der Waals surface area contributed by atoms with Crippen molar-refractivity contribution in [1.82, 2.24) is 14.3 Å². The lowest BCUT2D eigenvalue weighted by Gasteiger charge is -2.37. The molecule has 8 nitrogen and oxygen atoms in total. The summed E-state index contributed by atoms with van der Waals surface area (Å²) in [5.74, 6) is -0.961. The molecule has 1 atom stereocenters. The van der Waals surface area contributed by atoms with Crippen molar-refractivity contribution >= 4 is 21.6 Å². The van der Waals surface area contributed by atoms with E-state index in [1.807, 2.05) is 67.1 Å². The molecule has 0 aliphatic rings. The number of hydrogen-bond donors (Lipinski definition) is 1. The van der Waals surface area contributed by atoms with Gasteiger partial charge in [-0.05, 0) is 53.6 Å². The van der Waals surface area contributed by atoms with E-state index < -0.39 is 32.9 Å². The van der Waals surface area contributed by atoms with Crippen LogP contribution >= 0.6 is 11.6 Å². The number of aryl methyl sites for hydroxylation is 1. The zero-order valence-corrected chi connectivity index (χ0v) is 26.3. The Balaban J connectivity index is 1.34. The standard InChI is InChI=1S/C35H35ClN4O4S/c36-33-21-19-28(20-22-33)23-38-45(43,44)26-29(24-40(41)42)11-10-18-34-25-39(27-37-34)35(30-12-4-1-5-13-30,31-14-6-2-7-15-31)32-16-8-3-9-17-32/h1-9,12-17,19-22,25,27,29,38H,10-11,18,23-24,26H2. The second-order valence-electron chi connectivity index (χ2n) is 11.1. The Hall–Kier alpha value is -4.31. The molecule has 232 valence electrons. The molecule has 0 saturated carbocycles. The van der Waals surface area contributed by atoms with Crippen LogP contribution in [-0.2, 0) is 28.5 Å². The molecule has 0 bridgehead atoms. The van der Waals surface area contributed by atoms with E-state index in [9.17, 15) is 18.5 Å². The molecule has 0 aliphatic heterocycles. The SMILES string of the molecule is O=[N+]([O-])CC(CCCc1cn(C(c2ccccc2)(c2ccccc2)c2ccccc2)cn1)CS(=O)(=O)NCc1ccc(Cl)cc1. The molecule has 1 heterocycles. The summed E-state index contributed by atoms with van der Waals surface area (Å²) in [6.45, 7) is -0.330. The number of benzene rings is 4. The number of imidazole rings is 1. The minimum atomic E-state index is -3.74. The summed E-state index contributed by atoms with van der Waals surface area (Å²) < 4.78 is 30.4. The van der Waals surface area contributed by atoms with Crippen LogP contribution in [0.25, 0.3) is 0 Å². The van der Waals surface area contributed by atoms with Gasteiger partial charge in [-0.15, -0.1) is 0 Å². The van der Waals surface area contributed by atoms with Gasteiger partial charge in [0.25, 0.3) is 0 Å². The summed E-state index contributed by atoms with van der Waals surface area (Å²) in [4.78, 5) is 15.7. The van der Waals surface area contributed by atoms with E-state index in [4.69, 9.17) is 16.6 Å². The normalized spacial score (nSPS) is 12.6. The van der Waals surface area contributed by atoms with Crippen LogP contribution in [0.1, 0.15) is 40.8 Å². The summed E-state index contributed by atoms with van der Waals surface area (Å²) >= 11 is 5.91. The van der Waals surface area contributed by atoms with Gasteiger partial charge in [-0.2, -0.15) is 0 Å². The van der Waals surface area contributed by atoms with E-state index in [-0.39, 0.29) is 12.3 Å². The maximum atomic E-state index is 12.8. The summed E-state index contributed by atoms with van der Waals surface area (Å²) in [7, 11) is -3.74. The molecule has 1 unspecified atom stereocenters. The van der Waals surface area contributed by atoms with E-state index in [0.717, 1.165) is 27.9 Å². The van der Waals surface area contributed by atoms with E-state index >= 15 is 0 Å². The molecule has 5 rings (SSSR count). The third kappa shape index (κ3) is 8.05. The molecule has 10 heteroatoms. The Morgan fingerprint density at radius 3 is 1.89 bits per heavy atom. The topological polar surface area (TPSA) is 107 Å². The molecule has 0 radical (unpaired) electrons. The molecule has 0 spiro atoms. The van der Waals surface area contributed by atoms with Crippen LogP contribution < -0.4 is 4.72 Å². The Bertz CT molecular complexity index is 1690. The minimum Gasteiger partial charge on any atom is -0.319 e. The molecule has 45 heavy (non-hydrogen) atoms. The van der Waals surface area contributed by atoms with Crippen molar-refractivity contribution in [2.75, 3.05) is 12.3 Å². The number of aromatic nitrogens is 2. The third-order valence-electron chi connectivity index (χ3n) is 7.92. The number of hydrogen-bond acceptors (Lipinski definition) is 5. The van der Waals surface area contributed by atoms with Gasteiger partial charge in [-0.1, -0.05) is 115 Å². The van der Waals surface area contributed by atoms with Gasteiger partial charge in [-0.25, -0.2) is 18.1 Å². The largest absolute Gasteiger partial charge is 0.319 e. The first-order chi connectivity index (χ1) is 21.8. The second kappa shape index (κ2) is 14.6. The van der Waals surface area contributed by atoms with Crippen molar-refractivity contribution in [2.45, 2.75) is 31.3 Å². The van der Waals surface area contributed by atoms with Crippen molar-refractivity contribution in [3.8, 4) is 0 Å². The van der Waals surface area contributed by atoms with Crippen LogP contribution in [0.3, 0.4) is 0 Å². The van der Waals surface area contributed by atoms with Crippen LogP contribution in [0, 0.1) is 16.0 Å². The highest BCUT2D eigenvalue weighted by atomic mass is 35.5. The number of nitro groups is 1. The van der Waals surface area contributed by atoms with Gasteiger partial charge < -0.3 is 4.57 Å². The van der Waals surface area contributed by atoms with Crippen molar-refractivity contribution < 1.29 is 13.3 Å². The molecule has 1 N–H and O–H groups in total. The molecule has 0 fully saturated rings. The van der Waals surface area contributed by atoms with E-state index in [0.29, 0.717) is 24.3 Å². The van der Waals surface area contributed by atoms with Gasteiger partial charge in [0.2, 0.25) is 16.6 Å². The van der Waals surface area contributed by atoms with E-state index in [1.165, 1.54) is 0 Å². The Morgan fingerprint density at radius 1 is 0.844 bits per heavy atom. The third-order valence-corrected chi connectivity index (χ3v) is 9.66. The minimum absolute atomic E-state index is 0.0914. The van der Waals surface area contributed by atoms with Gasteiger partial charge in [0, 0.05) is 28.6 Å². The molecule has 4 aromatic carbocycles. The first kappa shape index (κ1) is 32.1. The fourth-order valence-corrected chi connectivity index (χ4v) is 7.36. The molecular formula is C35H35ClN4O4S. The molecule has 5 aromatic rings. The van der Waals surface area contributed by atoms with Crippen LogP contribution in [0.4, 0.5) is 0 Å². The summed E-state index contributed by atoms with van der Waals surface area (Å²) in [5.41, 5.74) is 4.12. The maximum absolute atomic E-state index is 12.8. The number of halogens is 1. The zero-order chi connectivity index (χ0) is 31.7. The van der Waals surface area contributed by atoms with E-state index in [2.05, 4.69) is 45.7 Å². The average molecular weight is 643 g/mol. The maximum Gasteiger partial charge on any atom is 0.212 e. The molecular weight excluding hydrogens is 608 g/mol. The van der Waals surface area contributed by atoms with Gasteiger partial charge in [0.05, 0.1) is 17.8 Å². The van der Waals surface area contributed by atoms with Crippen molar-refractivity contribution in [1.29, 1.82) is 0 Å². The predicted octanol–water partition coefficient (Wildman–Crippen LogP) is 6.71. The fourth-order valence-electron chi connectivity index (χ4n) is 5.84. The lowest BCUT2D eigenvalue weighted by atomic mass is 9.77. The molecule has 0 saturated heterocycles. The highest BCUT2D eigenvalue weighted by molar-refractivity contribution is 7.89. The Kier molecular flexibility index (Phi) is 10.4. The monoisotopic (exact) mass is 642 g/mol. The number of sulfonamides is 1. The van der Waals surface area contributed by atoms with Crippen LogP contribution in [0.2, 0.25) is 5.02 Å². The lowest BCUT2D eigenvalue weighted by Crippen LogP contribution is -2.36. The summed E-state index contributed by atoms with van der Waals surface area (Å²) in [6, 6.07) is 37.7. The van der Waals surface area contributed by atoms with Crippen molar-refractivity contribution in [3.63, 3.8) is 0 Å². The van der Waals surface area contributed by atoms with Crippen molar-refractivity contribution in [2.24, 2.45) is 5.92 Å². The van der Waals surface area contributed by atoms with Crippen molar-refractivity contribution in [3.05, 3.63) is 171 Å². The molecule has 1 aromatic heterocycles. The quantitative estimate of drug-likeness (QED) is 0.0776. The number of rotatable bonds is 15. The molecule has 0 aliphatic carbocycles. The highest BCUT2D eigenvalue weighted by Gasteiger charge is 2.38. The van der Waals surface area contributed by atoms with Gasteiger partial charge in [0.15, 0.2) is 0 Å². The van der Waals surface area contributed by atoms with E-state index in [1.54, 1.807) is 24.3 Å².